The van der Waals surface area contributed by atoms with Gasteiger partial charge in [0.25, 0.3) is 0 Å². The molecule has 0 bridgehead atoms. The fourth-order valence-corrected chi connectivity index (χ4v) is 1.72. The Labute approximate surface area is 67.5 Å². The van der Waals surface area contributed by atoms with Crippen LogP contribution in [0.2, 0.25) is 0 Å². The van der Waals surface area contributed by atoms with E-state index < -0.39 is 0 Å². The lowest BCUT2D eigenvalue weighted by molar-refractivity contribution is -0.119. The van der Waals surface area contributed by atoms with Gasteiger partial charge in [0.15, 0.2) is 0 Å². The second-order valence-corrected chi connectivity index (χ2v) is 3.29. The molecule has 1 rings (SSSR count). The molecule has 0 radical (unpaired) electrons. The molecule has 0 aromatic carbocycles. The van der Waals surface area contributed by atoms with Crippen molar-refractivity contribution in [3.05, 3.63) is 0 Å². The minimum Gasteiger partial charge on any atom is -0.344 e. The van der Waals surface area contributed by atoms with Gasteiger partial charge < -0.3 is 10.6 Å². The Kier molecular flexibility index (Phi) is 2.88. The van der Waals surface area contributed by atoms with Gasteiger partial charge in [-0.3, -0.25) is 4.79 Å². The Morgan fingerprint density at radius 2 is 2.09 bits per heavy atom. The standard InChI is InChI=1S/C8H16N2O/c1-10(6-11)8-5-3-2-4-7(8)9/h6-8H,2-5,9H2,1H3/t7-,8-/m0/s1. The lowest BCUT2D eigenvalue weighted by Crippen LogP contribution is -2.47. The molecule has 3 heteroatoms. The van der Waals surface area contributed by atoms with Crippen LogP contribution in [0.15, 0.2) is 0 Å². The Morgan fingerprint density at radius 3 is 2.64 bits per heavy atom. The highest BCUT2D eigenvalue weighted by Crippen LogP contribution is 2.19. The second-order valence-electron chi connectivity index (χ2n) is 3.29. The maximum absolute atomic E-state index is 10.4. The SMILES string of the molecule is CN(C=O)[C@H]1CCCC[C@@H]1N. The first-order valence-electron chi connectivity index (χ1n) is 4.18. The molecular formula is C8H16N2O. The first-order valence-corrected chi connectivity index (χ1v) is 4.18. The van der Waals surface area contributed by atoms with Crippen LogP contribution in [0.4, 0.5) is 0 Å². The van der Waals surface area contributed by atoms with Gasteiger partial charge in [-0.1, -0.05) is 12.8 Å². The van der Waals surface area contributed by atoms with Gasteiger partial charge in [-0.2, -0.15) is 0 Å². The zero-order chi connectivity index (χ0) is 8.27. The highest BCUT2D eigenvalue weighted by molar-refractivity contribution is 5.47. The van der Waals surface area contributed by atoms with Crippen LogP contribution in [0, 0.1) is 0 Å². The normalized spacial score (nSPS) is 31.5. The number of nitrogens with two attached hydrogens (primary N) is 1. The Hall–Kier alpha value is -0.570. The number of amides is 1. The minimum atomic E-state index is 0.193. The average molecular weight is 156 g/mol. The first-order chi connectivity index (χ1) is 5.25. The van der Waals surface area contributed by atoms with E-state index in [1.165, 1.54) is 12.8 Å². The van der Waals surface area contributed by atoms with Gasteiger partial charge in [0.1, 0.15) is 0 Å². The van der Waals surface area contributed by atoms with Crippen molar-refractivity contribution in [1.29, 1.82) is 0 Å². The molecule has 2 atom stereocenters. The number of carbonyl (C=O) groups excluding carboxylic acids is 1. The van der Waals surface area contributed by atoms with Crippen LogP contribution in [0.1, 0.15) is 25.7 Å². The molecule has 1 aliphatic rings. The smallest absolute Gasteiger partial charge is 0.209 e. The summed E-state index contributed by atoms with van der Waals surface area (Å²) < 4.78 is 0. The van der Waals surface area contributed by atoms with E-state index in [0.717, 1.165) is 19.3 Å². The lowest BCUT2D eigenvalue weighted by Gasteiger charge is -2.33. The van der Waals surface area contributed by atoms with Crippen molar-refractivity contribution >= 4 is 6.41 Å². The molecule has 0 aromatic rings. The predicted molar refractivity (Wildman–Crippen MR) is 44.1 cm³/mol. The van der Waals surface area contributed by atoms with Crippen LogP contribution in [0.5, 0.6) is 0 Å². The molecule has 0 aliphatic heterocycles. The summed E-state index contributed by atoms with van der Waals surface area (Å²) in [5.41, 5.74) is 5.85. The molecule has 0 saturated heterocycles. The summed E-state index contributed by atoms with van der Waals surface area (Å²) in [7, 11) is 1.81. The summed E-state index contributed by atoms with van der Waals surface area (Å²) in [6.07, 6.45) is 5.41. The molecule has 1 saturated carbocycles. The van der Waals surface area contributed by atoms with Gasteiger partial charge in [0.2, 0.25) is 6.41 Å². The average Bonchev–Trinajstić information content (AvgIpc) is 2.04. The van der Waals surface area contributed by atoms with Crippen molar-refractivity contribution in [3.8, 4) is 0 Å². The van der Waals surface area contributed by atoms with E-state index in [1.807, 2.05) is 7.05 Å². The molecule has 1 fully saturated rings. The fraction of sp³-hybridized carbons (Fsp3) is 0.875. The van der Waals surface area contributed by atoms with Crippen molar-refractivity contribution in [1.82, 2.24) is 4.90 Å². The third kappa shape index (κ3) is 1.93. The highest BCUT2D eigenvalue weighted by Gasteiger charge is 2.24. The van der Waals surface area contributed by atoms with Crippen molar-refractivity contribution in [2.75, 3.05) is 7.05 Å². The van der Waals surface area contributed by atoms with Gasteiger partial charge in [0, 0.05) is 19.1 Å². The number of carbonyl (C=O) groups is 1. The summed E-state index contributed by atoms with van der Waals surface area (Å²) >= 11 is 0. The minimum absolute atomic E-state index is 0.193. The van der Waals surface area contributed by atoms with E-state index in [-0.39, 0.29) is 12.1 Å². The highest BCUT2D eigenvalue weighted by atomic mass is 16.1. The fourth-order valence-electron chi connectivity index (χ4n) is 1.72. The van der Waals surface area contributed by atoms with Crippen LogP contribution in [-0.4, -0.2) is 30.4 Å². The number of hydrogen-bond acceptors (Lipinski definition) is 2. The summed E-state index contributed by atoms with van der Waals surface area (Å²) in [5, 5.41) is 0. The quantitative estimate of drug-likeness (QED) is 0.586. The van der Waals surface area contributed by atoms with Crippen molar-refractivity contribution in [3.63, 3.8) is 0 Å². The van der Waals surface area contributed by atoms with Gasteiger partial charge in [-0.25, -0.2) is 0 Å². The van der Waals surface area contributed by atoms with Crippen LogP contribution in [-0.2, 0) is 4.79 Å². The predicted octanol–water partition coefficient (Wildman–Crippen LogP) is 0.345. The number of rotatable bonds is 2. The van der Waals surface area contributed by atoms with E-state index in [4.69, 9.17) is 5.73 Å². The molecule has 64 valence electrons. The first kappa shape index (κ1) is 8.53. The largest absolute Gasteiger partial charge is 0.344 e. The number of hydrogen-bond donors (Lipinski definition) is 1. The van der Waals surface area contributed by atoms with Crippen molar-refractivity contribution in [2.24, 2.45) is 5.73 Å². The van der Waals surface area contributed by atoms with Gasteiger partial charge in [0.05, 0.1) is 0 Å². The topological polar surface area (TPSA) is 46.3 Å². The number of likely N-dealkylation sites (N-methyl/N-ethyl adjacent to an activating group) is 1. The van der Waals surface area contributed by atoms with E-state index in [1.54, 1.807) is 4.90 Å². The third-order valence-corrected chi connectivity index (χ3v) is 2.47. The molecule has 11 heavy (non-hydrogen) atoms. The summed E-state index contributed by atoms with van der Waals surface area (Å²) in [5.74, 6) is 0. The zero-order valence-electron chi connectivity index (χ0n) is 6.99. The van der Waals surface area contributed by atoms with Gasteiger partial charge in [-0.15, -0.1) is 0 Å². The zero-order valence-corrected chi connectivity index (χ0v) is 6.99. The van der Waals surface area contributed by atoms with E-state index in [0.29, 0.717) is 0 Å². The molecule has 1 amide bonds. The lowest BCUT2D eigenvalue weighted by atomic mass is 9.90. The van der Waals surface area contributed by atoms with E-state index in [2.05, 4.69) is 0 Å². The molecule has 0 aromatic heterocycles. The summed E-state index contributed by atoms with van der Waals surface area (Å²) in [4.78, 5) is 12.1. The number of nitrogens with zero attached hydrogens (tertiary/aromatic N) is 1. The maximum Gasteiger partial charge on any atom is 0.209 e. The third-order valence-electron chi connectivity index (χ3n) is 2.47. The molecule has 0 unspecified atom stereocenters. The monoisotopic (exact) mass is 156 g/mol. The maximum atomic E-state index is 10.4. The molecule has 0 spiro atoms. The molecule has 2 N–H and O–H groups in total. The Morgan fingerprint density at radius 1 is 1.45 bits per heavy atom. The van der Waals surface area contributed by atoms with Crippen LogP contribution < -0.4 is 5.73 Å². The molecule has 0 heterocycles. The van der Waals surface area contributed by atoms with E-state index in [9.17, 15) is 4.79 Å². The molecular weight excluding hydrogens is 140 g/mol. The van der Waals surface area contributed by atoms with Crippen LogP contribution >= 0.6 is 0 Å². The summed E-state index contributed by atoms with van der Waals surface area (Å²) in [6, 6.07) is 0.472. The van der Waals surface area contributed by atoms with Gasteiger partial charge in [-0.05, 0) is 12.8 Å². The second kappa shape index (κ2) is 3.72. The van der Waals surface area contributed by atoms with Crippen molar-refractivity contribution < 1.29 is 4.79 Å². The Bertz CT molecular complexity index is 138. The molecule has 1 aliphatic carbocycles. The van der Waals surface area contributed by atoms with Crippen molar-refractivity contribution in [2.45, 2.75) is 37.8 Å². The van der Waals surface area contributed by atoms with E-state index >= 15 is 0 Å². The molecule has 3 nitrogen and oxygen atoms in total. The van der Waals surface area contributed by atoms with Gasteiger partial charge >= 0.3 is 0 Å². The van der Waals surface area contributed by atoms with Crippen LogP contribution in [0.3, 0.4) is 0 Å². The van der Waals surface area contributed by atoms with Crippen LogP contribution in [0.25, 0.3) is 0 Å². The summed E-state index contributed by atoms with van der Waals surface area (Å²) in [6.45, 7) is 0. The Balaban J connectivity index is 2.46.